The molecular formula is C16H22N6O. The SMILES string of the molecule is Cc1nnc2cc(N3CCN(C(=O)C4CCCC4)CC3)cnn12. The maximum atomic E-state index is 12.5. The zero-order chi connectivity index (χ0) is 15.8. The standard InChI is InChI=1S/C16H22N6O/c1-12-18-19-15-10-14(11-17-22(12)15)20-6-8-21(9-7-20)16(23)13-4-2-3-5-13/h10-11,13H,2-9H2,1H3. The number of rotatable bonds is 2. The maximum absolute atomic E-state index is 12.5. The second-order valence-electron chi connectivity index (χ2n) is 6.52. The third kappa shape index (κ3) is 2.64. The fraction of sp³-hybridized carbons (Fsp3) is 0.625. The van der Waals surface area contributed by atoms with Gasteiger partial charge in [-0.25, -0.2) is 0 Å². The number of aryl methyl sites for hydroxylation is 1. The summed E-state index contributed by atoms with van der Waals surface area (Å²) in [6.07, 6.45) is 6.43. The molecule has 7 nitrogen and oxygen atoms in total. The van der Waals surface area contributed by atoms with Gasteiger partial charge in [0.05, 0.1) is 11.9 Å². The molecule has 0 atom stereocenters. The van der Waals surface area contributed by atoms with Crippen molar-refractivity contribution in [1.29, 1.82) is 0 Å². The predicted octanol–water partition coefficient (Wildman–Crippen LogP) is 1.27. The first-order valence-corrected chi connectivity index (χ1v) is 8.44. The van der Waals surface area contributed by atoms with Crippen LogP contribution in [-0.2, 0) is 4.79 Å². The van der Waals surface area contributed by atoms with Crippen molar-refractivity contribution >= 4 is 17.2 Å². The molecule has 2 fully saturated rings. The van der Waals surface area contributed by atoms with Gasteiger partial charge in [-0.15, -0.1) is 10.2 Å². The van der Waals surface area contributed by atoms with Gasteiger partial charge in [-0.2, -0.15) is 9.61 Å². The van der Waals surface area contributed by atoms with E-state index in [1.165, 1.54) is 12.8 Å². The number of anilines is 1. The number of carbonyl (C=O) groups is 1. The molecule has 23 heavy (non-hydrogen) atoms. The molecule has 0 aromatic carbocycles. The normalized spacial score (nSPS) is 19.7. The molecule has 122 valence electrons. The Balaban J connectivity index is 1.42. The first kappa shape index (κ1) is 14.4. The van der Waals surface area contributed by atoms with E-state index in [4.69, 9.17) is 0 Å². The van der Waals surface area contributed by atoms with Gasteiger partial charge in [0, 0.05) is 38.2 Å². The monoisotopic (exact) mass is 314 g/mol. The zero-order valence-corrected chi connectivity index (χ0v) is 13.5. The van der Waals surface area contributed by atoms with Crippen LogP contribution in [0.25, 0.3) is 5.65 Å². The van der Waals surface area contributed by atoms with Crippen molar-refractivity contribution in [1.82, 2.24) is 24.7 Å². The lowest BCUT2D eigenvalue weighted by atomic mass is 10.1. The summed E-state index contributed by atoms with van der Waals surface area (Å²) in [5.41, 5.74) is 1.82. The summed E-state index contributed by atoms with van der Waals surface area (Å²) >= 11 is 0. The van der Waals surface area contributed by atoms with Crippen LogP contribution in [0.5, 0.6) is 0 Å². The molecule has 3 heterocycles. The Morgan fingerprint density at radius 3 is 2.61 bits per heavy atom. The average Bonchev–Trinajstić information content (AvgIpc) is 3.24. The number of hydrogen-bond acceptors (Lipinski definition) is 5. The van der Waals surface area contributed by atoms with Gasteiger partial charge in [-0.3, -0.25) is 4.79 Å². The zero-order valence-electron chi connectivity index (χ0n) is 13.5. The fourth-order valence-corrected chi connectivity index (χ4v) is 3.68. The number of piperazine rings is 1. The van der Waals surface area contributed by atoms with E-state index >= 15 is 0 Å². The van der Waals surface area contributed by atoms with Gasteiger partial charge in [-0.05, 0) is 19.8 Å². The molecule has 0 bridgehead atoms. The third-order valence-corrected chi connectivity index (χ3v) is 5.06. The molecule has 1 amide bonds. The minimum atomic E-state index is 0.276. The van der Waals surface area contributed by atoms with E-state index in [-0.39, 0.29) is 5.92 Å². The van der Waals surface area contributed by atoms with Gasteiger partial charge in [-0.1, -0.05) is 12.8 Å². The van der Waals surface area contributed by atoms with Crippen LogP contribution < -0.4 is 4.90 Å². The first-order chi connectivity index (χ1) is 11.2. The lowest BCUT2D eigenvalue weighted by Gasteiger charge is -2.37. The summed E-state index contributed by atoms with van der Waals surface area (Å²) in [4.78, 5) is 16.8. The van der Waals surface area contributed by atoms with Crippen molar-refractivity contribution in [3.63, 3.8) is 0 Å². The van der Waals surface area contributed by atoms with Crippen molar-refractivity contribution < 1.29 is 4.79 Å². The summed E-state index contributed by atoms with van der Waals surface area (Å²) < 4.78 is 1.74. The van der Waals surface area contributed by atoms with E-state index in [1.807, 2.05) is 24.1 Å². The van der Waals surface area contributed by atoms with E-state index in [0.29, 0.717) is 5.91 Å². The molecule has 2 aromatic rings. The molecule has 0 N–H and O–H groups in total. The molecule has 7 heteroatoms. The molecule has 1 saturated carbocycles. The summed E-state index contributed by atoms with van der Waals surface area (Å²) in [5.74, 6) is 1.43. The summed E-state index contributed by atoms with van der Waals surface area (Å²) in [7, 11) is 0. The molecule has 4 rings (SSSR count). The van der Waals surface area contributed by atoms with Crippen molar-refractivity contribution in [2.24, 2.45) is 5.92 Å². The predicted molar refractivity (Wildman–Crippen MR) is 86.3 cm³/mol. The molecule has 1 aliphatic heterocycles. The van der Waals surface area contributed by atoms with Crippen LogP contribution in [0.1, 0.15) is 31.5 Å². The van der Waals surface area contributed by atoms with Crippen LogP contribution in [0.3, 0.4) is 0 Å². The Hall–Kier alpha value is -2.18. The molecule has 0 spiro atoms. The number of fused-ring (bicyclic) bond motifs is 1. The number of carbonyl (C=O) groups excluding carboxylic acids is 1. The number of nitrogens with zero attached hydrogens (tertiary/aromatic N) is 6. The van der Waals surface area contributed by atoms with Gasteiger partial charge >= 0.3 is 0 Å². The topological polar surface area (TPSA) is 66.6 Å². The second kappa shape index (κ2) is 5.79. The maximum Gasteiger partial charge on any atom is 0.225 e. The van der Waals surface area contributed by atoms with Crippen LogP contribution in [-0.4, -0.2) is 56.8 Å². The summed E-state index contributed by atoms with van der Waals surface area (Å²) in [6.45, 7) is 5.19. The van der Waals surface area contributed by atoms with E-state index < -0.39 is 0 Å². The molecule has 0 radical (unpaired) electrons. The molecule has 2 aromatic heterocycles. The van der Waals surface area contributed by atoms with E-state index in [1.54, 1.807) is 4.52 Å². The van der Waals surface area contributed by atoms with E-state index in [9.17, 15) is 4.79 Å². The van der Waals surface area contributed by atoms with Crippen molar-refractivity contribution in [2.75, 3.05) is 31.1 Å². The smallest absolute Gasteiger partial charge is 0.225 e. The average molecular weight is 314 g/mol. The molecule has 1 aliphatic carbocycles. The van der Waals surface area contributed by atoms with Crippen LogP contribution in [0.4, 0.5) is 5.69 Å². The van der Waals surface area contributed by atoms with E-state index in [2.05, 4.69) is 20.2 Å². The molecule has 0 unspecified atom stereocenters. The third-order valence-electron chi connectivity index (χ3n) is 5.06. The summed E-state index contributed by atoms with van der Waals surface area (Å²) in [5, 5.41) is 12.6. The van der Waals surface area contributed by atoms with Crippen molar-refractivity contribution in [3.05, 3.63) is 18.1 Å². The Morgan fingerprint density at radius 1 is 1.13 bits per heavy atom. The largest absolute Gasteiger partial charge is 0.367 e. The Kier molecular flexibility index (Phi) is 3.63. The van der Waals surface area contributed by atoms with E-state index in [0.717, 1.165) is 56.2 Å². The molecular weight excluding hydrogens is 292 g/mol. The first-order valence-electron chi connectivity index (χ1n) is 8.44. The van der Waals surface area contributed by atoms with Crippen LogP contribution >= 0.6 is 0 Å². The fourth-order valence-electron chi connectivity index (χ4n) is 3.68. The highest BCUT2D eigenvalue weighted by molar-refractivity contribution is 5.79. The Morgan fingerprint density at radius 2 is 1.87 bits per heavy atom. The van der Waals surface area contributed by atoms with Gasteiger partial charge < -0.3 is 9.80 Å². The van der Waals surface area contributed by atoms with Crippen LogP contribution in [0.15, 0.2) is 12.3 Å². The van der Waals surface area contributed by atoms with Crippen molar-refractivity contribution in [2.45, 2.75) is 32.6 Å². The minimum Gasteiger partial charge on any atom is -0.367 e. The lowest BCUT2D eigenvalue weighted by Crippen LogP contribution is -2.50. The van der Waals surface area contributed by atoms with Crippen LogP contribution in [0.2, 0.25) is 0 Å². The minimum absolute atomic E-state index is 0.276. The second-order valence-corrected chi connectivity index (χ2v) is 6.52. The van der Waals surface area contributed by atoms with Gasteiger partial charge in [0.2, 0.25) is 5.91 Å². The molecule has 2 aliphatic rings. The lowest BCUT2D eigenvalue weighted by molar-refractivity contribution is -0.135. The highest BCUT2D eigenvalue weighted by atomic mass is 16.2. The number of hydrogen-bond donors (Lipinski definition) is 0. The highest BCUT2D eigenvalue weighted by Crippen LogP contribution is 2.27. The van der Waals surface area contributed by atoms with Crippen LogP contribution in [0, 0.1) is 12.8 Å². The number of aromatic nitrogens is 4. The van der Waals surface area contributed by atoms with Gasteiger partial charge in [0.25, 0.3) is 0 Å². The van der Waals surface area contributed by atoms with Gasteiger partial charge in [0.1, 0.15) is 0 Å². The quantitative estimate of drug-likeness (QED) is 0.835. The van der Waals surface area contributed by atoms with Crippen molar-refractivity contribution in [3.8, 4) is 0 Å². The Bertz CT molecular complexity index is 712. The van der Waals surface area contributed by atoms with Gasteiger partial charge in [0.15, 0.2) is 11.5 Å². The highest BCUT2D eigenvalue weighted by Gasteiger charge is 2.29. The summed E-state index contributed by atoms with van der Waals surface area (Å²) in [6, 6.07) is 2.02. The number of amides is 1. The molecule has 1 saturated heterocycles. The Labute approximate surface area is 135 Å².